The summed E-state index contributed by atoms with van der Waals surface area (Å²) < 4.78 is 40.3. The van der Waals surface area contributed by atoms with Crippen molar-refractivity contribution in [3.63, 3.8) is 0 Å². The molecule has 0 saturated heterocycles. The number of rotatable bonds is 7. The van der Waals surface area contributed by atoms with Gasteiger partial charge in [0.25, 0.3) is 0 Å². The van der Waals surface area contributed by atoms with Crippen LogP contribution in [-0.4, -0.2) is 42.5 Å². The number of benzene rings is 1. The molecule has 9 heteroatoms. The van der Waals surface area contributed by atoms with Crippen LogP contribution in [0.3, 0.4) is 0 Å². The molecule has 0 fully saturated rings. The van der Waals surface area contributed by atoms with Gasteiger partial charge < -0.3 is 5.32 Å². The van der Waals surface area contributed by atoms with Crippen LogP contribution in [-0.2, 0) is 27.9 Å². The van der Waals surface area contributed by atoms with Crippen LogP contribution in [0.4, 0.5) is 4.39 Å². The van der Waals surface area contributed by atoms with Crippen molar-refractivity contribution in [1.29, 1.82) is 0 Å². The number of nitrogens with zero attached hydrogens (tertiary/aromatic N) is 3. The highest BCUT2D eigenvalue weighted by Gasteiger charge is 2.26. The van der Waals surface area contributed by atoms with Crippen molar-refractivity contribution in [3.05, 3.63) is 47.0 Å². The first kappa shape index (κ1) is 20.1. The number of carbonyl (C=O) groups excluding carboxylic acids is 1. The van der Waals surface area contributed by atoms with Crippen molar-refractivity contribution in [3.8, 4) is 0 Å². The predicted octanol–water partition coefficient (Wildman–Crippen LogP) is 1.60. The monoisotopic (exact) mass is 382 g/mol. The highest BCUT2D eigenvalue weighted by Crippen LogP contribution is 2.22. The largest absolute Gasteiger partial charge is 0.352 e. The average molecular weight is 382 g/mol. The zero-order chi connectivity index (χ0) is 19.5. The molecular weight excluding hydrogens is 359 g/mol. The van der Waals surface area contributed by atoms with Crippen molar-refractivity contribution in [1.82, 2.24) is 19.4 Å². The first-order valence-corrected chi connectivity index (χ1v) is 9.54. The Labute approximate surface area is 152 Å². The van der Waals surface area contributed by atoms with E-state index in [-0.39, 0.29) is 29.6 Å². The van der Waals surface area contributed by atoms with E-state index in [9.17, 15) is 17.6 Å². The number of carbonyl (C=O) groups is 1. The summed E-state index contributed by atoms with van der Waals surface area (Å²) in [5, 5.41) is 7.00. The van der Waals surface area contributed by atoms with Gasteiger partial charge in [0, 0.05) is 27.1 Å². The fourth-order valence-corrected chi connectivity index (χ4v) is 3.81. The van der Waals surface area contributed by atoms with Gasteiger partial charge in [0.05, 0.1) is 17.9 Å². The van der Waals surface area contributed by atoms with Gasteiger partial charge in [0.15, 0.2) is 0 Å². The zero-order valence-corrected chi connectivity index (χ0v) is 16.1. The molecule has 7 nitrogen and oxygen atoms in total. The lowest BCUT2D eigenvalue weighted by molar-refractivity contribution is -0.121. The molecule has 0 radical (unpaired) electrons. The summed E-state index contributed by atoms with van der Waals surface area (Å²) in [7, 11) is -0.654. The molecule has 1 heterocycles. The second-order valence-corrected chi connectivity index (χ2v) is 8.25. The zero-order valence-electron chi connectivity index (χ0n) is 15.3. The number of sulfonamides is 1. The fourth-order valence-electron chi connectivity index (χ4n) is 2.55. The molecule has 1 N–H and O–H groups in total. The minimum Gasteiger partial charge on any atom is -0.352 e. The smallest absolute Gasteiger partial charge is 0.246 e. The quantitative estimate of drug-likeness (QED) is 0.788. The third-order valence-electron chi connectivity index (χ3n) is 4.01. The standard InChI is InChI=1S/C17H23FN4O3S/c1-12-17(26(24,25)21(3)4)13(2)22(20-12)10-9-16(23)19-11-14-5-7-15(18)8-6-14/h5-8H,9-11H2,1-4H3,(H,19,23). The van der Waals surface area contributed by atoms with Gasteiger partial charge in [0.1, 0.15) is 10.7 Å². The van der Waals surface area contributed by atoms with E-state index in [1.54, 1.807) is 26.0 Å². The molecule has 26 heavy (non-hydrogen) atoms. The summed E-state index contributed by atoms with van der Waals surface area (Å²) in [5.74, 6) is -0.521. The van der Waals surface area contributed by atoms with E-state index >= 15 is 0 Å². The highest BCUT2D eigenvalue weighted by molar-refractivity contribution is 7.89. The van der Waals surface area contributed by atoms with Gasteiger partial charge in [-0.25, -0.2) is 17.1 Å². The third kappa shape index (κ3) is 4.47. The van der Waals surface area contributed by atoms with E-state index in [4.69, 9.17) is 0 Å². The van der Waals surface area contributed by atoms with Gasteiger partial charge in [-0.2, -0.15) is 5.10 Å². The Morgan fingerprint density at radius 1 is 1.23 bits per heavy atom. The van der Waals surface area contributed by atoms with E-state index < -0.39 is 10.0 Å². The fraction of sp³-hybridized carbons (Fsp3) is 0.412. The number of aryl methyl sites for hydroxylation is 2. The molecule has 0 aliphatic carbocycles. The number of amides is 1. The van der Waals surface area contributed by atoms with Crippen LogP contribution >= 0.6 is 0 Å². The Hall–Kier alpha value is -2.26. The molecule has 0 aliphatic rings. The molecule has 1 amide bonds. The molecule has 2 rings (SSSR count). The van der Waals surface area contributed by atoms with Gasteiger partial charge in [-0.1, -0.05) is 12.1 Å². The van der Waals surface area contributed by atoms with Gasteiger partial charge in [-0.05, 0) is 31.5 Å². The summed E-state index contributed by atoms with van der Waals surface area (Å²) in [6.45, 7) is 3.88. The minimum absolute atomic E-state index is 0.157. The lowest BCUT2D eigenvalue weighted by Crippen LogP contribution is -2.25. The van der Waals surface area contributed by atoms with Gasteiger partial charge in [0.2, 0.25) is 15.9 Å². The third-order valence-corrected chi connectivity index (χ3v) is 6.08. The number of aromatic nitrogens is 2. The Morgan fingerprint density at radius 3 is 2.42 bits per heavy atom. The van der Waals surface area contributed by atoms with Crippen LogP contribution in [0.15, 0.2) is 29.2 Å². The number of hydrogen-bond acceptors (Lipinski definition) is 4. The van der Waals surface area contributed by atoms with Crippen LogP contribution in [0.1, 0.15) is 23.4 Å². The highest BCUT2D eigenvalue weighted by atomic mass is 32.2. The Bertz CT molecular complexity index is 889. The summed E-state index contributed by atoms with van der Waals surface area (Å²) in [5.41, 5.74) is 1.70. The van der Waals surface area contributed by atoms with Crippen LogP contribution in [0.2, 0.25) is 0 Å². The van der Waals surface area contributed by atoms with E-state index in [0.29, 0.717) is 17.9 Å². The molecule has 0 saturated carbocycles. The second-order valence-electron chi connectivity index (χ2n) is 6.16. The molecule has 2 aromatic rings. The van der Waals surface area contributed by atoms with Crippen molar-refractivity contribution in [2.24, 2.45) is 0 Å². The number of hydrogen-bond donors (Lipinski definition) is 1. The molecule has 0 atom stereocenters. The SMILES string of the molecule is Cc1nn(CCC(=O)NCc2ccc(F)cc2)c(C)c1S(=O)(=O)N(C)C. The van der Waals surface area contributed by atoms with Crippen LogP contribution in [0, 0.1) is 19.7 Å². The van der Waals surface area contributed by atoms with E-state index in [1.807, 2.05) is 0 Å². The summed E-state index contributed by atoms with van der Waals surface area (Å²) >= 11 is 0. The average Bonchev–Trinajstić information content (AvgIpc) is 2.86. The molecule has 1 aromatic heterocycles. The Balaban J connectivity index is 1.99. The molecular formula is C17H23FN4O3S. The van der Waals surface area contributed by atoms with Gasteiger partial charge in [-0.15, -0.1) is 0 Å². The van der Waals surface area contributed by atoms with E-state index in [0.717, 1.165) is 9.87 Å². The molecule has 0 spiro atoms. The van der Waals surface area contributed by atoms with Crippen molar-refractivity contribution >= 4 is 15.9 Å². The van der Waals surface area contributed by atoms with Gasteiger partial charge >= 0.3 is 0 Å². The normalized spacial score (nSPS) is 11.8. The lowest BCUT2D eigenvalue weighted by atomic mass is 10.2. The Kier molecular flexibility index (Phi) is 6.14. The van der Waals surface area contributed by atoms with E-state index in [2.05, 4.69) is 10.4 Å². The molecule has 1 aromatic carbocycles. The van der Waals surface area contributed by atoms with Gasteiger partial charge in [-0.3, -0.25) is 9.48 Å². The summed E-state index contributed by atoms with van der Waals surface area (Å²) in [6, 6.07) is 5.89. The summed E-state index contributed by atoms with van der Waals surface area (Å²) in [4.78, 5) is 12.2. The van der Waals surface area contributed by atoms with Crippen LogP contribution < -0.4 is 5.32 Å². The van der Waals surface area contributed by atoms with Crippen molar-refractivity contribution < 1.29 is 17.6 Å². The van der Waals surface area contributed by atoms with Crippen LogP contribution in [0.5, 0.6) is 0 Å². The number of nitrogens with one attached hydrogen (secondary N) is 1. The topological polar surface area (TPSA) is 84.3 Å². The first-order chi connectivity index (χ1) is 12.1. The second kappa shape index (κ2) is 7.96. The maximum absolute atomic E-state index is 12.9. The van der Waals surface area contributed by atoms with Crippen molar-refractivity contribution in [2.75, 3.05) is 14.1 Å². The minimum atomic E-state index is -3.59. The molecule has 0 aliphatic heterocycles. The van der Waals surface area contributed by atoms with Crippen molar-refractivity contribution in [2.45, 2.75) is 38.3 Å². The first-order valence-electron chi connectivity index (χ1n) is 8.10. The molecule has 142 valence electrons. The predicted molar refractivity (Wildman–Crippen MR) is 95.4 cm³/mol. The molecule has 0 bridgehead atoms. The maximum Gasteiger partial charge on any atom is 0.246 e. The van der Waals surface area contributed by atoms with E-state index in [1.165, 1.54) is 30.9 Å². The maximum atomic E-state index is 12.9. The number of halogens is 1. The molecule has 0 unspecified atom stereocenters. The lowest BCUT2D eigenvalue weighted by Gasteiger charge is -2.12. The summed E-state index contributed by atoms with van der Waals surface area (Å²) in [6.07, 6.45) is 0.157. The Morgan fingerprint density at radius 2 is 1.85 bits per heavy atom. The van der Waals surface area contributed by atoms with Crippen LogP contribution in [0.25, 0.3) is 0 Å².